The Hall–Kier alpha value is -2.31. The second-order valence-electron chi connectivity index (χ2n) is 5.53. The molecule has 0 atom stereocenters. The van der Waals surface area contributed by atoms with Crippen molar-refractivity contribution < 1.29 is 9.13 Å². The number of ether oxygens (including phenoxy) is 1. The average Bonchev–Trinajstić information content (AvgIpc) is 2.34. The van der Waals surface area contributed by atoms with Gasteiger partial charge in [0.25, 0.3) is 0 Å². The lowest BCUT2D eigenvalue weighted by Gasteiger charge is -2.23. The predicted molar refractivity (Wildman–Crippen MR) is 75.6 cm³/mol. The number of anilines is 1. The molecule has 0 saturated carbocycles. The monoisotopic (exact) mass is 279 g/mol. The van der Waals surface area contributed by atoms with Gasteiger partial charge < -0.3 is 15.9 Å². The zero-order valence-corrected chi connectivity index (χ0v) is 11.9. The smallest absolute Gasteiger partial charge is 0.224 e. The standard InChI is InChI=1S/C13H18FN5O/c1-13(2,3)18-12-17-9-6-10(20-4)8(14)5-7(9)11(15)19(12)16/h5-6,15H,16H2,1-4H3,(H,17,18). The van der Waals surface area contributed by atoms with Crippen LogP contribution < -0.4 is 21.4 Å². The van der Waals surface area contributed by atoms with Crippen molar-refractivity contribution in [3.63, 3.8) is 0 Å². The van der Waals surface area contributed by atoms with E-state index >= 15 is 0 Å². The van der Waals surface area contributed by atoms with E-state index in [2.05, 4.69) is 10.3 Å². The number of rotatable bonds is 2. The third-order valence-corrected chi connectivity index (χ3v) is 2.71. The van der Waals surface area contributed by atoms with Crippen LogP contribution in [0.5, 0.6) is 5.75 Å². The average molecular weight is 279 g/mol. The molecule has 0 fully saturated rings. The molecule has 0 aliphatic carbocycles. The van der Waals surface area contributed by atoms with Gasteiger partial charge >= 0.3 is 0 Å². The fourth-order valence-electron chi connectivity index (χ4n) is 1.81. The quantitative estimate of drug-likeness (QED) is 0.728. The Balaban J connectivity index is 2.72. The predicted octanol–water partition coefficient (Wildman–Crippen LogP) is 1.59. The third-order valence-electron chi connectivity index (χ3n) is 2.71. The SMILES string of the molecule is COc1cc2nc(NC(C)(C)C)n(N)c(=N)c2cc1F. The van der Waals surface area contributed by atoms with Gasteiger partial charge in [-0.2, -0.15) is 0 Å². The van der Waals surface area contributed by atoms with Gasteiger partial charge in [0.15, 0.2) is 17.1 Å². The lowest BCUT2D eigenvalue weighted by molar-refractivity contribution is 0.387. The van der Waals surface area contributed by atoms with E-state index in [0.717, 1.165) is 4.68 Å². The van der Waals surface area contributed by atoms with Crippen molar-refractivity contribution in [3.8, 4) is 5.75 Å². The summed E-state index contributed by atoms with van der Waals surface area (Å²) in [6, 6.07) is 2.66. The largest absolute Gasteiger partial charge is 0.494 e. The highest BCUT2D eigenvalue weighted by molar-refractivity contribution is 5.80. The second kappa shape index (κ2) is 4.66. The number of fused-ring (bicyclic) bond motifs is 1. The highest BCUT2D eigenvalue weighted by Crippen LogP contribution is 2.22. The summed E-state index contributed by atoms with van der Waals surface area (Å²) in [5.74, 6) is 5.70. The number of hydrogen-bond acceptors (Lipinski definition) is 5. The van der Waals surface area contributed by atoms with Gasteiger partial charge in [0.05, 0.1) is 12.6 Å². The lowest BCUT2D eigenvalue weighted by atomic mass is 10.1. The van der Waals surface area contributed by atoms with Gasteiger partial charge in [0, 0.05) is 17.0 Å². The molecule has 0 aliphatic rings. The molecule has 0 spiro atoms. The molecular formula is C13H18FN5O. The fraction of sp³-hybridized carbons (Fsp3) is 0.385. The van der Waals surface area contributed by atoms with Crippen molar-refractivity contribution >= 4 is 16.9 Å². The Morgan fingerprint density at radius 2 is 2.05 bits per heavy atom. The highest BCUT2D eigenvalue weighted by Gasteiger charge is 2.16. The third kappa shape index (κ3) is 2.52. The number of aromatic nitrogens is 2. The summed E-state index contributed by atoms with van der Waals surface area (Å²) in [5, 5.41) is 11.4. The number of nitrogen functional groups attached to an aromatic ring is 1. The van der Waals surface area contributed by atoms with Crippen molar-refractivity contribution in [1.82, 2.24) is 9.66 Å². The van der Waals surface area contributed by atoms with Gasteiger partial charge in [0.2, 0.25) is 5.95 Å². The van der Waals surface area contributed by atoms with Gasteiger partial charge in [-0.25, -0.2) is 14.1 Å². The summed E-state index contributed by atoms with van der Waals surface area (Å²) in [7, 11) is 1.38. The molecule has 1 heterocycles. The molecule has 20 heavy (non-hydrogen) atoms. The molecule has 6 nitrogen and oxygen atoms in total. The molecular weight excluding hydrogens is 261 g/mol. The van der Waals surface area contributed by atoms with Crippen molar-refractivity contribution in [2.75, 3.05) is 18.3 Å². The topological polar surface area (TPSA) is 88.9 Å². The molecule has 0 radical (unpaired) electrons. The number of halogens is 1. The zero-order valence-electron chi connectivity index (χ0n) is 11.9. The molecule has 2 aromatic rings. The van der Waals surface area contributed by atoms with Crippen LogP contribution in [-0.2, 0) is 0 Å². The van der Waals surface area contributed by atoms with Crippen molar-refractivity contribution in [2.24, 2.45) is 0 Å². The maximum Gasteiger partial charge on any atom is 0.224 e. The molecule has 0 amide bonds. The Labute approximate surface area is 115 Å². The van der Waals surface area contributed by atoms with Gasteiger partial charge in [-0.3, -0.25) is 5.41 Å². The van der Waals surface area contributed by atoms with Crippen molar-refractivity contribution in [1.29, 1.82) is 5.41 Å². The minimum absolute atomic E-state index is 0.0247. The van der Waals surface area contributed by atoms with Gasteiger partial charge in [-0.05, 0) is 26.8 Å². The first-order valence-electron chi connectivity index (χ1n) is 6.11. The summed E-state index contributed by atoms with van der Waals surface area (Å²) in [6.45, 7) is 5.86. The Kier molecular flexibility index (Phi) is 3.29. The molecule has 2 rings (SSSR count). The van der Waals surface area contributed by atoms with Crippen molar-refractivity contribution in [3.05, 3.63) is 23.4 Å². The molecule has 0 bridgehead atoms. The van der Waals surface area contributed by atoms with Crippen molar-refractivity contribution in [2.45, 2.75) is 26.3 Å². The minimum Gasteiger partial charge on any atom is -0.494 e. The minimum atomic E-state index is -0.549. The summed E-state index contributed by atoms with van der Waals surface area (Å²) < 4.78 is 19.7. The Morgan fingerprint density at radius 1 is 1.40 bits per heavy atom. The fourth-order valence-corrected chi connectivity index (χ4v) is 1.81. The van der Waals surface area contributed by atoms with Gasteiger partial charge in [-0.15, -0.1) is 0 Å². The molecule has 0 unspecified atom stereocenters. The molecule has 0 saturated heterocycles. The van der Waals surface area contributed by atoms with Crippen LogP contribution >= 0.6 is 0 Å². The first-order chi connectivity index (χ1) is 9.23. The van der Waals surface area contributed by atoms with Gasteiger partial charge in [0.1, 0.15) is 0 Å². The Morgan fingerprint density at radius 3 is 2.60 bits per heavy atom. The lowest BCUT2D eigenvalue weighted by Crippen LogP contribution is -2.36. The molecule has 1 aromatic carbocycles. The van der Waals surface area contributed by atoms with E-state index in [4.69, 9.17) is 16.0 Å². The normalized spacial score (nSPS) is 11.7. The number of benzene rings is 1. The van der Waals surface area contributed by atoms with E-state index in [1.807, 2.05) is 20.8 Å². The van der Waals surface area contributed by atoms with E-state index < -0.39 is 5.82 Å². The number of nitrogens with zero attached hydrogens (tertiary/aromatic N) is 2. The van der Waals surface area contributed by atoms with E-state index in [1.165, 1.54) is 19.2 Å². The highest BCUT2D eigenvalue weighted by atomic mass is 19.1. The number of methoxy groups -OCH3 is 1. The van der Waals surface area contributed by atoms with Crippen LogP contribution in [0, 0.1) is 11.2 Å². The summed E-state index contributed by atoms with van der Waals surface area (Å²) in [4.78, 5) is 4.33. The summed E-state index contributed by atoms with van der Waals surface area (Å²) in [6.07, 6.45) is 0. The number of hydrogen-bond donors (Lipinski definition) is 3. The maximum absolute atomic E-state index is 13.7. The first-order valence-corrected chi connectivity index (χ1v) is 6.11. The van der Waals surface area contributed by atoms with E-state index in [9.17, 15) is 4.39 Å². The van der Waals surface area contributed by atoms with Crippen LogP contribution in [0.2, 0.25) is 0 Å². The summed E-state index contributed by atoms with van der Waals surface area (Å²) in [5.41, 5.74) is 0.156. The molecule has 7 heteroatoms. The van der Waals surface area contributed by atoms with Crippen LogP contribution in [0.3, 0.4) is 0 Å². The van der Waals surface area contributed by atoms with Gasteiger partial charge in [-0.1, -0.05) is 0 Å². The number of nitrogens with two attached hydrogens (primary N) is 1. The second-order valence-corrected chi connectivity index (χ2v) is 5.53. The molecule has 0 aliphatic heterocycles. The van der Waals surface area contributed by atoms with Crippen LogP contribution in [0.25, 0.3) is 10.9 Å². The summed E-state index contributed by atoms with van der Waals surface area (Å²) >= 11 is 0. The molecule has 108 valence electrons. The van der Waals surface area contributed by atoms with Crippen LogP contribution in [-0.4, -0.2) is 22.3 Å². The zero-order chi connectivity index (χ0) is 15.1. The van der Waals surface area contributed by atoms with E-state index in [0.29, 0.717) is 16.9 Å². The van der Waals surface area contributed by atoms with E-state index in [1.54, 1.807) is 0 Å². The van der Waals surface area contributed by atoms with Crippen LogP contribution in [0.15, 0.2) is 12.1 Å². The number of nitrogens with one attached hydrogen (secondary N) is 2. The first kappa shape index (κ1) is 14.1. The Bertz CT molecular complexity index is 717. The van der Waals surface area contributed by atoms with E-state index in [-0.39, 0.29) is 16.8 Å². The molecule has 4 N–H and O–H groups in total. The molecule has 1 aromatic heterocycles. The maximum atomic E-state index is 13.7. The van der Waals surface area contributed by atoms with Crippen LogP contribution in [0.4, 0.5) is 10.3 Å². The van der Waals surface area contributed by atoms with Crippen LogP contribution in [0.1, 0.15) is 20.8 Å².